The van der Waals surface area contributed by atoms with Crippen LogP contribution in [0.25, 0.3) is 0 Å². The topological polar surface area (TPSA) is 135 Å². The van der Waals surface area contributed by atoms with E-state index in [-0.39, 0.29) is 24.2 Å². The first-order chi connectivity index (χ1) is 14.4. The fourth-order valence-electron chi connectivity index (χ4n) is 4.61. The summed E-state index contributed by atoms with van der Waals surface area (Å²) in [6, 6.07) is 12.5. The first-order valence-corrected chi connectivity index (χ1v) is 10.7. The summed E-state index contributed by atoms with van der Waals surface area (Å²) in [7, 11) is 0. The molecule has 8 nitrogen and oxygen atoms in total. The van der Waals surface area contributed by atoms with E-state index in [1.807, 2.05) is 37.3 Å². The number of para-hydroxylation sites is 1. The Balaban J connectivity index is 1.73. The molecule has 1 aromatic carbocycles. The van der Waals surface area contributed by atoms with E-state index >= 15 is 0 Å². The highest BCUT2D eigenvalue weighted by Crippen LogP contribution is 2.36. The molecule has 2 aliphatic heterocycles. The SMILES string of the molecule is Cc1nc(N2CC(N)CC(N)C2)cc(N2CC(N)CC(N)C2)c1Nc1ccccc1. The van der Waals surface area contributed by atoms with Gasteiger partial charge in [0.1, 0.15) is 5.82 Å². The van der Waals surface area contributed by atoms with Gasteiger partial charge in [0.15, 0.2) is 0 Å². The zero-order chi connectivity index (χ0) is 21.3. The van der Waals surface area contributed by atoms with Crippen LogP contribution in [0.2, 0.25) is 0 Å². The molecule has 9 N–H and O–H groups in total. The number of hydrogen-bond donors (Lipinski definition) is 5. The van der Waals surface area contributed by atoms with E-state index in [2.05, 4.69) is 21.2 Å². The highest BCUT2D eigenvalue weighted by Gasteiger charge is 2.28. The van der Waals surface area contributed by atoms with Crippen LogP contribution in [0.15, 0.2) is 36.4 Å². The van der Waals surface area contributed by atoms with E-state index in [1.165, 1.54) is 0 Å². The number of aryl methyl sites for hydroxylation is 1. The molecule has 3 heterocycles. The third kappa shape index (κ3) is 4.67. The van der Waals surface area contributed by atoms with Crippen LogP contribution in [-0.2, 0) is 0 Å². The number of rotatable bonds is 4. The Morgan fingerprint density at radius 2 is 1.37 bits per heavy atom. The lowest BCUT2D eigenvalue weighted by Crippen LogP contribution is -2.53. The summed E-state index contributed by atoms with van der Waals surface area (Å²) < 4.78 is 0. The van der Waals surface area contributed by atoms with Crippen molar-refractivity contribution >= 4 is 22.9 Å². The van der Waals surface area contributed by atoms with Gasteiger partial charge < -0.3 is 38.1 Å². The quantitative estimate of drug-likeness (QED) is 0.501. The average molecular weight is 411 g/mol. The van der Waals surface area contributed by atoms with Crippen LogP contribution in [0.3, 0.4) is 0 Å². The van der Waals surface area contributed by atoms with Gasteiger partial charge in [0, 0.05) is 62.1 Å². The van der Waals surface area contributed by atoms with Gasteiger partial charge in [-0.3, -0.25) is 0 Å². The van der Waals surface area contributed by atoms with E-state index in [0.717, 1.165) is 67.6 Å². The van der Waals surface area contributed by atoms with Crippen molar-refractivity contribution in [2.45, 2.75) is 43.9 Å². The Hall–Kier alpha value is -2.39. The van der Waals surface area contributed by atoms with Crippen LogP contribution in [0.4, 0.5) is 22.9 Å². The van der Waals surface area contributed by atoms with Crippen molar-refractivity contribution in [1.82, 2.24) is 4.98 Å². The number of nitrogens with one attached hydrogen (secondary N) is 1. The minimum absolute atomic E-state index is 0.0482. The van der Waals surface area contributed by atoms with Crippen LogP contribution in [0, 0.1) is 6.92 Å². The third-order valence-electron chi connectivity index (χ3n) is 5.90. The van der Waals surface area contributed by atoms with Crippen LogP contribution < -0.4 is 38.1 Å². The second kappa shape index (κ2) is 8.77. The Labute approximate surface area is 178 Å². The molecule has 1 aromatic heterocycles. The second-order valence-corrected chi connectivity index (χ2v) is 8.77. The van der Waals surface area contributed by atoms with Crippen molar-refractivity contribution in [2.75, 3.05) is 41.3 Å². The van der Waals surface area contributed by atoms with Crippen molar-refractivity contribution in [2.24, 2.45) is 22.9 Å². The lowest BCUT2D eigenvalue weighted by Gasteiger charge is -2.39. The van der Waals surface area contributed by atoms with Crippen molar-refractivity contribution in [3.8, 4) is 0 Å². The molecular formula is C22H34N8. The summed E-state index contributed by atoms with van der Waals surface area (Å²) in [4.78, 5) is 9.40. The van der Waals surface area contributed by atoms with Gasteiger partial charge in [-0.15, -0.1) is 0 Å². The average Bonchev–Trinajstić information content (AvgIpc) is 2.68. The molecule has 2 fully saturated rings. The molecule has 0 spiro atoms. The number of anilines is 4. The fourth-order valence-corrected chi connectivity index (χ4v) is 4.61. The standard InChI is InChI=1S/C22H34N8/c1-14-22(28-19-5-3-2-4-6-19)20(29-10-15(23)7-16(24)11-29)9-21(27-14)30-12-17(25)8-18(26)13-30/h2-6,9,15-18,28H,7-8,10-13,23-26H2,1H3. The van der Waals surface area contributed by atoms with Crippen molar-refractivity contribution < 1.29 is 0 Å². The molecule has 0 aliphatic carbocycles. The van der Waals surface area contributed by atoms with Gasteiger partial charge in [-0.2, -0.15) is 0 Å². The van der Waals surface area contributed by atoms with Gasteiger partial charge in [-0.25, -0.2) is 4.98 Å². The summed E-state index contributed by atoms with van der Waals surface area (Å²) in [5.41, 5.74) is 29.1. The van der Waals surface area contributed by atoms with Gasteiger partial charge in [0.05, 0.1) is 17.1 Å². The number of hydrogen-bond acceptors (Lipinski definition) is 8. The van der Waals surface area contributed by atoms with E-state index in [4.69, 9.17) is 27.9 Å². The smallest absolute Gasteiger partial charge is 0.131 e. The molecule has 2 aliphatic rings. The molecule has 30 heavy (non-hydrogen) atoms. The molecule has 0 radical (unpaired) electrons. The molecule has 162 valence electrons. The minimum atomic E-state index is 0.0482. The molecule has 4 rings (SSSR count). The predicted molar refractivity (Wildman–Crippen MR) is 124 cm³/mol. The molecule has 0 saturated carbocycles. The first kappa shape index (κ1) is 20.9. The Kier molecular flexibility index (Phi) is 6.10. The molecule has 0 amide bonds. The van der Waals surface area contributed by atoms with Gasteiger partial charge in [-0.1, -0.05) is 18.2 Å². The number of piperidine rings is 2. The number of pyridine rings is 1. The minimum Gasteiger partial charge on any atom is -0.367 e. The number of nitrogens with zero attached hydrogens (tertiary/aromatic N) is 3. The van der Waals surface area contributed by atoms with Crippen LogP contribution in [0.5, 0.6) is 0 Å². The lowest BCUT2D eigenvalue weighted by molar-refractivity contribution is 0.448. The molecule has 2 saturated heterocycles. The number of nitrogens with two attached hydrogens (primary N) is 4. The molecule has 4 atom stereocenters. The summed E-state index contributed by atoms with van der Waals surface area (Å²) >= 11 is 0. The first-order valence-electron chi connectivity index (χ1n) is 10.7. The van der Waals surface area contributed by atoms with Crippen LogP contribution in [0.1, 0.15) is 18.5 Å². The van der Waals surface area contributed by atoms with Gasteiger partial charge in [0.2, 0.25) is 0 Å². The maximum absolute atomic E-state index is 6.31. The van der Waals surface area contributed by atoms with Gasteiger partial charge in [-0.05, 0) is 31.9 Å². The maximum atomic E-state index is 6.31. The lowest BCUT2D eigenvalue weighted by atomic mass is 10.0. The molecule has 4 unspecified atom stereocenters. The molecule has 2 aromatic rings. The summed E-state index contributed by atoms with van der Waals surface area (Å²) in [6.07, 6.45) is 1.68. The third-order valence-corrected chi connectivity index (χ3v) is 5.90. The normalized spacial score (nSPS) is 27.2. The van der Waals surface area contributed by atoms with Crippen molar-refractivity contribution in [3.05, 3.63) is 42.1 Å². The Bertz CT molecular complexity index is 838. The van der Waals surface area contributed by atoms with Crippen LogP contribution >= 0.6 is 0 Å². The molecule has 0 bridgehead atoms. The summed E-state index contributed by atoms with van der Waals surface area (Å²) in [5, 5.41) is 3.56. The zero-order valence-corrected chi connectivity index (χ0v) is 17.7. The summed E-state index contributed by atoms with van der Waals surface area (Å²) in [5.74, 6) is 0.902. The molecule has 8 heteroatoms. The maximum Gasteiger partial charge on any atom is 0.131 e. The van der Waals surface area contributed by atoms with E-state index < -0.39 is 0 Å². The highest BCUT2D eigenvalue weighted by atomic mass is 15.2. The largest absolute Gasteiger partial charge is 0.367 e. The van der Waals surface area contributed by atoms with Crippen molar-refractivity contribution in [1.29, 1.82) is 0 Å². The highest BCUT2D eigenvalue weighted by molar-refractivity contribution is 5.80. The monoisotopic (exact) mass is 410 g/mol. The van der Waals surface area contributed by atoms with Crippen molar-refractivity contribution in [3.63, 3.8) is 0 Å². The number of aromatic nitrogens is 1. The van der Waals surface area contributed by atoms with E-state index in [9.17, 15) is 0 Å². The second-order valence-electron chi connectivity index (χ2n) is 8.77. The van der Waals surface area contributed by atoms with Gasteiger partial charge >= 0.3 is 0 Å². The summed E-state index contributed by atoms with van der Waals surface area (Å²) in [6.45, 7) is 5.07. The van der Waals surface area contributed by atoms with Crippen LogP contribution in [-0.4, -0.2) is 55.3 Å². The van der Waals surface area contributed by atoms with E-state index in [0.29, 0.717) is 0 Å². The van der Waals surface area contributed by atoms with E-state index in [1.54, 1.807) is 0 Å². The number of benzene rings is 1. The molecular weight excluding hydrogens is 376 g/mol. The predicted octanol–water partition coefficient (Wildman–Crippen LogP) is 0.863. The fraction of sp³-hybridized carbons (Fsp3) is 0.500. The Morgan fingerprint density at radius 1 is 0.833 bits per heavy atom. The zero-order valence-electron chi connectivity index (χ0n) is 17.7. The van der Waals surface area contributed by atoms with Gasteiger partial charge in [0.25, 0.3) is 0 Å². The Morgan fingerprint density at radius 3 is 1.93 bits per heavy atom.